The molecule has 0 spiro atoms. The monoisotopic (exact) mass is 570 g/mol. The first-order valence-corrected chi connectivity index (χ1v) is 21.7. The molecule has 1 saturated carbocycles. The smallest absolute Gasteiger partial charge is 0.192 e. The zero-order valence-electron chi connectivity index (χ0n) is 25.7. The van der Waals surface area contributed by atoms with E-state index in [4.69, 9.17) is 8.85 Å². The highest BCUT2D eigenvalue weighted by Gasteiger charge is 2.44. The van der Waals surface area contributed by atoms with Gasteiger partial charge >= 0.3 is 0 Å². The van der Waals surface area contributed by atoms with Gasteiger partial charge in [0.2, 0.25) is 0 Å². The minimum atomic E-state index is -3.01. The molecule has 0 bridgehead atoms. The van der Waals surface area contributed by atoms with Crippen molar-refractivity contribution >= 4 is 34.4 Å². The van der Waals surface area contributed by atoms with E-state index < -0.39 is 23.8 Å². The van der Waals surface area contributed by atoms with Gasteiger partial charge in [-0.05, 0) is 67.8 Å². The van der Waals surface area contributed by atoms with Crippen molar-refractivity contribution in [3.8, 4) is 0 Å². The van der Waals surface area contributed by atoms with Crippen LogP contribution in [0.1, 0.15) is 67.7 Å². The maximum atomic E-state index is 15.2. The minimum absolute atomic E-state index is 0.0735. The lowest BCUT2D eigenvalue weighted by atomic mass is 9.90. The van der Waals surface area contributed by atoms with Crippen LogP contribution in [0, 0.1) is 0 Å². The zero-order chi connectivity index (χ0) is 28.6. The van der Waals surface area contributed by atoms with Crippen molar-refractivity contribution in [3.63, 3.8) is 0 Å². The molecule has 0 N–H and O–H groups in total. The van der Waals surface area contributed by atoms with Crippen molar-refractivity contribution in [2.24, 2.45) is 0 Å². The van der Waals surface area contributed by atoms with Crippen LogP contribution in [0.25, 0.3) is 0 Å². The fourth-order valence-electron chi connectivity index (χ4n) is 4.79. The highest BCUT2D eigenvalue weighted by atomic mass is 31.2. The molecule has 0 aromatic heterocycles. The van der Waals surface area contributed by atoms with E-state index in [1.54, 1.807) is 0 Å². The second-order valence-electron chi connectivity index (χ2n) is 14.1. The van der Waals surface area contributed by atoms with Gasteiger partial charge in [0.05, 0.1) is 12.2 Å². The Morgan fingerprint density at radius 3 is 1.37 bits per heavy atom. The molecule has 2 aromatic carbocycles. The molecule has 1 aliphatic rings. The van der Waals surface area contributed by atoms with E-state index >= 15 is 4.57 Å². The molecule has 6 heteroatoms. The molecule has 0 aliphatic heterocycles. The van der Waals surface area contributed by atoms with E-state index in [0.717, 1.165) is 35.2 Å². The zero-order valence-corrected chi connectivity index (χ0v) is 28.6. The van der Waals surface area contributed by atoms with Crippen molar-refractivity contribution in [1.82, 2.24) is 0 Å². The average Bonchev–Trinajstić information content (AvgIpc) is 2.82. The molecular weight excluding hydrogens is 519 g/mol. The van der Waals surface area contributed by atoms with Gasteiger partial charge in [0.1, 0.15) is 0 Å². The summed E-state index contributed by atoms with van der Waals surface area (Å²) in [6.07, 6.45) is 2.68. The highest BCUT2D eigenvalue weighted by Crippen LogP contribution is 2.55. The van der Waals surface area contributed by atoms with Crippen molar-refractivity contribution in [2.45, 2.75) is 116 Å². The van der Waals surface area contributed by atoms with E-state index in [0.29, 0.717) is 0 Å². The summed E-state index contributed by atoms with van der Waals surface area (Å²) in [6.45, 7) is 25.2. The molecule has 2 aromatic rings. The quantitative estimate of drug-likeness (QED) is 0.246. The molecule has 2 unspecified atom stereocenters. The molecule has 210 valence electrons. The Balaban J connectivity index is 2.12. The summed E-state index contributed by atoms with van der Waals surface area (Å²) in [7, 11) is -7.00. The van der Waals surface area contributed by atoms with E-state index in [1.807, 2.05) is 60.7 Å². The summed E-state index contributed by atoms with van der Waals surface area (Å²) in [5, 5.41) is 3.05. The van der Waals surface area contributed by atoms with Gasteiger partial charge in [-0.15, -0.1) is 0 Å². The molecule has 38 heavy (non-hydrogen) atoms. The average molecular weight is 571 g/mol. The summed E-state index contributed by atoms with van der Waals surface area (Å²) < 4.78 is 29.3. The normalized spacial score (nSPS) is 19.9. The molecule has 3 nitrogen and oxygen atoms in total. The first-order chi connectivity index (χ1) is 17.4. The largest absolute Gasteiger partial charge is 0.414 e. The first-order valence-electron chi connectivity index (χ1n) is 14.1. The van der Waals surface area contributed by atoms with Crippen molar-refractivity contribution in [1.29, 1.82) is 0 Å². The maximum Gasteiger partial charge on any atom is 0.192 e. The third kappa shape index (κ3) is 6.73. The summed E-state index contributed by atoms with van der Waals surface area (Å²) in [5.41, 5.74) is 1.25. The molecular formula is C32H51O3PSi2. The predicted octanol–water partition coefficient (Wildman–Crippen LogP) is 9.24. The summed E-state index contributed by atoms with van der Waals surface area (Å²) >= 11 is 0. The summed E-state index contributed by atoms with van der Waals surface area (Å²) in [4.78, 5) is 0. The number of hydrogen-bond donors (Lipinski definition) is 0. The lowest BCUT2D eigenvalue weighted by molar-refractivity contribution is 0.0723. The third-order valence-electron chi connectivity index (χ3n) is 9.23. The molecule has 0 heterocycles. The molecule has 2 atom stereocenters. The summed E-state index contributed by atoms with van der Waals surface area (Å²) in [5.74, 6) is 0. The Morgan fingerprint density at radius 1 is 0.711 bits per heavy atom. The summed E-state index contributed by atoms with van der Waals surface area (Å²) in [6, 6.07) is 20.1. The van der Waals surface area contributed by atoms with Crippen LogP contribution < -0.4 is 10.6 Å². The number of benzene rings is 2. The van der Waals surface area contributed by atoms with Crippen LogP contribution in [0.3, 0.4) is 0 Å². The molecule has 0 radical (unpaired) electrons. The Morgan fingerprint density at radius 2 is 1.05 bits per heavy atom. The second-order valence-corrected chi connectivity index (χ2v) is 26.5. The SMILES string of the molecule is CC(=C1CC(O[Si](C)(C)C(C)(C)C)CC(O[Si](C)(C)C(C)(C)C)C1)P(=O)(c1ccccc1)c1ccccc1. The minimum Gasteiger partial charge on any atom is -0.414 e. The van der Waals surface area contributed by atoms with E-state index in [-0.39, 0.29) is 22.3 Å². The van der Waals surface area contributed by atoms with Gasteiger partial charge in [-0.2, -0.15) is 0 Å². The van der Waals surface area contributed by atoms with Gasteiger partial charge < -0.3 is 13.4 Å². The number of hydrogen-bond acceptors (Lipinski definition) is 3. The second kappa shape index (κ2) is 11.3. The van der Waals surface area contributed by atoms with Gasteiger partial charge in [-0.25, -0.2) is 0 Å². The number of rotatable bonds is 7. The van der Waals surface area contributed by atoms with E-state index in [9.17, 15) is 0 Å². The lowest BCUT2D eigenvalue weighted by Crippen LogP contribution is -2.49. The van der Waals surface area contributed by atoms with Crippen molar-refractivity contribution in [2.75, 3.05) is 0 Å². The molecule has 1 fully saturated rings. The van der Waals surface area contributed by atoms with Crippen LogP contribution in [0.5, 0.6) is 0 Å². The third-order valence-corrected chi connectivity index (χ3v) is 21.6. The van der Waals surface area contributed by atoms with Crippen LogP contribution >= 0.6 is 7.14 Å². The molecule has 0 saturated heterocycles. The van der Waals surface area contributed by atoms with Crippen LogP contribution in [0.2, 0.25) is 36.3 Å². The fraction of sp³-hybridized carbons (Fsp3) is 0.562. The molecule has 3 rings (SSSR count). The van der Waals surface area contributed by atoms with Gasteiger partial charge in [0.15, 0.2) is 23.8 Å². The molecule has 0 amide bonds. The first kappa shape index (κ1) is 31.3. The topological polar surface area (TPSA) is 35.5 Å². The highest BCUT2D eigenvalue weighted by molar-refractivity contribution is 7.82. The molecule has 1 aliphatic carbocycles. The van der Waals surface area contributed by atoms with E-state index in [1.165, 1.54) is 5.57 Å². The van der Waals surface area contributed by atoms with Crippen molar-refractivity contribution < 1.29 is 13.4 Å². The van der Waals surface area contributed by atoms with Gasteiger partial charge in [-0.1, -0.05) is 108 Å². The standard InChI is InChI=1S/C32H51O3PSi2/c1-25(36(33,29-18-14-12-15-19-29)30-20-16-13-17-21-30)26-22-27(34-37(8,9)31(2,3)4)24-28(23-26)35-38(10,11)32(5,6)7/h12-21,27-28H,22-24H2,1-11H3. The van der Waals surface area contributed by atoms with Crippen LogP contribution in [0.4, 0.5) is 0 Å². The predicted molar refractivity (Wildman–Crippen MR) is 170 cm³/mol. The van der Waals surface area contributed by atoms with Gasteiger partial charge in [0.25, 0.3) is 0 Å². The van der Waals surface area contributed by atoms with Gasteiger partial charge in [0, 0.05) is 10.6 Å². The number of allylic oxidation sites excluding steroid dienone is 1. The Labute approximate surface area is 235 Å². The Hall–Kier alpha value is -1.24. The van der Waals surface area contributed by atoms with Crippen LogP contribution in [-0.4, -0.2) is 28.8 Å². The van der Waals surface area contributed by atoms with Crippen LogP contribution in [0.15, 0.2) is 71.6 Å². The lowest BCUT2D eigenvalue weighted by Gasteiger charge is -2.45. The fourth-order valence-corrected chi connectivity index (χ4v) is 10.4. The Bertz CT molecular complexity index is 1080. The van der Waals surface area contributed by atoms with E-state index in [2.05, 4.69) is 74.7 Å². The Kier molecular flexibility index (Phi) is 9.33. The van der Waals surface area contributed by atoms with Crippen LogP contribution in [-0.2, 0) is 13.4 Å². The van der Waals surface area contributed by atoms with Crippen molar-refractivity contribution in [3.05, 3.63) is 71.6 Å². The van der Waals surface area contributed by atoms with Gasteiger partial charge in [-0.3, -0.25) is 0 Å². The maximum absolute atomic E-state index is 15.2.